The minimum atomic E-state index is 0.599. The number of imidazole rings is 1. The maximum Gasteiger partial charge on any atom is 0.178 e. The summed E-state index contributed by atoms with van der Waals surface area (Å²) < 4.78 is 5.21. The van der Waals surface area contributed by atoms with Gasteiger partial charge in [0.2, 0.25) is 0 Å². The molecule has 0 amide bonds. The van der Waals surface area contributed by atoms with E-state index >= 15 is 0 Å². The van der Waals surface area contributed by atoms with Gasteiger partial charge in [0.1, 0.15) is 5.52 Å². The average molecular weight is 368 g/mol. The summed E-state index contributed by atoms with van der Waals surface area (Å²) in [5, 5.41) is 14.2. The molecule has 0 aliphatic rings. The predicted octanol–water partition coefficient (Wildman–Crippen LogP) is 3.55. The number of aromatic amines is 3. The molecule has 0 unspecified atom stereocenters. The van der Waals surface area contributed by atoms with Crippen molar-refractivity contribution in [2.75, 3.05) is 0 Å². The lowest BCUT2D eigenvalue weighted by atomic mass is 10.1. The first-order valence-electron chi connectivity index (χ1n) is 8.59. The Morgan fingerprint density at radius 1 is 1.00 bits per heavy atom. The van der Waals surface area contributed by atoms with Crippen LogP contribution in [0.4, 0.5) is 0 Å². The van der Waals surface area contributed by atoms with Crippen LogP contribution in [0.5, 0.6) is 0 Å². The van der Waals surface area contributed by atoms with Gasteiger partial charge in [-0.25, -0.2) is 15.0 Å². The molecule has 3 N–H and O–H groups in total. The number of hydrogen-bond donors (Lipinski definition) is 3. The van der Waals surface area contributed by atoms with E-state index in [0.29, 0.717) is 17.2 Å². The number of nitrogens with zero attached hydrogens (tertiary/aromatic N) is 5. The van der Waals surface area contributed by atoms with E-state index < -0.39 is 0 Å². The number of aromatic nitrogens is 8. The predicted molar refractivity (Wildman–Crippen MR) is 102 cm³/mol. The highest BCUT2D eigenvalue weighted by molar-refractivity contribution is 5.94. The van der Waals surface area contributed by atoms with Crippen molar-refractivity contribution in [1.29, 1.82) is 0 Å². The first kappa shape index (κ1) is 14.9. The Morgan fingerprint density at radius 2 is 2.00 bits per heavy atom. The Labute approximate surface area is 156 Å². The molecule has 0 aliphatic heterocycles. The maximum absolute atomic E-state index is 5.21. The highest BCUT2D eigenvalue weighted by Crippen LogP contribution is 2.30. The second kappa shape index (κ2) is 5.61. The number of fused-ring (bicyclic) bond motifs is 2. The number of pyridine rings is 2. The SMILES string of the molecule is c1cc(-c2ccoc2)c2[nH]c(-c3n[nH]c4ccc(-c5cn[nH]c5)nc34)nc2n1. The van der Waals surface area contributed by atoms with E-state index in [1.165, 1.54) is 0 Å². The van der Waals surface area contributed by atoms with Crippen LogP contribution in [0.15, 0.2) is 59.8 Å². The van der Waals surface area contributed by atoms with E-state index in [2.05, 4.69) is 35.3 Å². The van der Waals surface area contributed by atoms with Crippen LogP contribution in [0, 0.1) is 0 Å². The third-order valence-corrected chi connectivity index (χ3v) is 4.65. The van der Waals surface area contributed by atoms with Crippen molar-refractivity contribution >= 4 is 22.2 Å². The number of hydrogen-bond acceptors (Lipinski definition) is 6. The quantitative estimate of drug-likeness (QED) is 0.439. The van der Waals surface area contributed by atoms with Crippen molar-refractivity contribution < 1.29 is 4.42 Å². The summed E-state index contributed by atoms with van der Waals surface area (Å²) in [6, 6.07) is 7.69. The maximum atomic E-state index is 5.21. The highest BCUT2D eigenvalue weighted by Gasteiger charge is 2.17. The molecule has 9 nitrogen and oxygen atoms in total. The van der Waals surface area contributed by atoms with E-state index in [1.807, 2.05) is 24.3 Å². The second-order valence-corrected chi connectivity index (χ2v) is 6.31. The van der Waals surface area contributed by atoms with Crippen LogP contribution >= 0.6 is 0 Å². The molecule has 134 valence electrons. The largest absolute Gasteiger partial charge is 0.472 e. The molecule has 0 spiro atoms. The summed E-state index contributed by atoms with van der Waals surface area (Å²) in [6.45, 7) is 0. The standard InChI is InChI=1S/C19H12N8O/c1-2-14-16(23-13(1)11-7-21-22-8-11)17(27-26-14)19-24-15-12(10-4-6-28-9-10)3-5-20-18(15)25-19/h1-9H,(H,21,22)(H,26,27)(H,20,24,25). The fourth-order valence-electron chi connectivity index (χ4n) is 3.30. The fourth-order valence-corrected chi connectivity index (χ4v) is 3.30. The van der Waals surface area contributed by atoms with Gasteiger partial charge in [-0.15, -0.1) is 0 Å². The fraction of sp³-hybridized carbons (Fsp3) is 0. The van der Waals surface area contributed by atoms with Crippen molar-refractivity contribution in [2.24, 2.45) is 0 Å². The lowest BCUT2D eigenvalue weighted by molar-refractivity contribution is 0.568. The first-order valence-corrected chi connectivity index (χ1v) is 8.59. The second-order valence-electron chi connectivity index (χ2n) is 6.31. The zero-order valence-corrected chi connectivity index (χ0v) is 14.3. The van der Waals surface area contributed by atoms with Gasteiger partial charge < -0.3 is 9.40 Å². The van der Waals surface area contributed by atoms with Crippen LogP contribution in [0.1, 0.15) is 0 Å². The van der Waals surface area contributed by atoms with Crippen LogP contribution < -0.4 is 0 Å². The van der Waals surface area contributed by atoms with Crippen LogP contribution in [-0.4, -0.2) is 40.3 Å². The number of H-pyrrole nitrogens is 3. The Morgan fingerprint density at radius 3 is 2.86 bits per heavy atom. The van der Waals surface area contributed by atoms with Crippen molar-refractivity contribution in [2.45, 2.75) is 0 Å². The molecule has 0 saturated carbocycles. The molecular weight excluding hydrogens is 356 g/mol. The molecule has 0 atom stereocenters. The summed E-state index contributed by atoms with van der Waals surface area (Å²) in [7, 11) is 0. The Bertz CT molecular complexity index is 1410. The molecule has 9 heteroatoms. The monoisotopic (exact) mass is 368 g/mol. The van der Waals surface area contributed by atoms with Crippen molar-refractivity contribution in [3.05, 3.63) is 55.4 Å². The van der Waals surface area contributed by atoms with Gasteiger partial charge in [-0.3, -0.25) is 10.2 Å². The molecule has 6 heterocycles. The van der Waals surface area contributed by atoms with Crippen LogP contribution in [0.25, 0.3) is 56.1 Å². The molecule has 0 aromatic carbocycles. The zero-order valence-electron chi connectivity index (χ0n) is 14.3. The van der Waals surface area contributed by atoms with Gasteiger partial charge in [0.05, 0.1) is 35.5 Å². The van der Waals surface area contributed by atoms with E-state index in [-0.39, 0.29) is 0 Å². The molecule has 0 radical (unpaired) electrons. The Hall–Kier alpha value is -4.27. The van der Waals surface area contributed by atoms with Gasteiger partial charge in [-0.2, -0.15) is 10.2 Å². The lowest BCUT2D eigenvalue weighted by Gasteiger charge is -1.98. The van der Waals surface area contributed by atoms with E-state index in [9.17, 15) is 0 Å². The number of furan rings is 1. The summed E-state index contributed by atoms with van der Waals surface area (Å²) >= 11 is 0. The van der Waals surface area contributed by atoms with E-state index in [4.69, 9.17) is 9.40 Å². The number of nitrogens with one attached hydrogen (secondary N) is 3. The minimum absolute atomic E-state index is 0.599. The summed E-state index contributed by atoms with van der Waals surface area (Å²) in [4.78, 5) is 17.1. The molecule has 6 aromatic heterocycles. The van der Waals surface area contributed by atoms with Crippen LogP contribution in [0.2, 0.25) is 0 Å². The normalized spacial score (nSPS) is 11.6. The third kappa shape index (κ3) is 2.16. The van der Waals surface area contributed by atoms with Gasteiger partial charge in [-0.1, -0.05) is 0 Å². The van der Waals surface area contributed by atoms with Gasteiger partial charge >= 0.3 is 0 Å². The summed E-state index contributed by atoms with van der Waals surface area (Å²) in [5.41, 5.74) is 7.24. The van der Waals surface area contributed by atoms with Gasteiger partial charge in [-0.05, 0) is 24.3 Å². The lowest BCUT2D eigenvalue weighted by Crippen LogP contribution is -1.86. The Kier molecular flexibility index (Phi) is 2.98. The average Bonchev–Trinajstić information content (AvgIpc) is 3.53. The van der Waals surface area contributed by atoms with Crippen molar-refractivity contribution in [1.82, 2.24) is 40.3 Å². The molecular formula is C19H12N8O. The Balaban J connectivity index is 1.55. The van der Waals surface area contributed by atoms with Gasteiger partial charge in [0, 0.05) is 29.1 Å². The first-order chi connectivity index (χ1) is 13.9. The molecule has 28 heavy (non-hydrogen) atoms. The molecule has 0 saturated heterocycles. The van der Waals surface area contributed by atoms with Crippen LogP contribution in [0.3, 0.4) is 0 Å². The van der Waals surface area contributed by atoms with Crippen molar-refractivity contribution in [3.8, 4) is 33.9 Å². The smallest absolute Gasteiger partial charge is 0.178 e. The van der Waals surface area contributed by atoms with Gasteiger partial charge in [0.25, 0.3) is 0 Å². The van der Waals surface area contributed by atoms with E-state index in [0.717, 1.165) is 38.9 Å². The molecule has 6 rings (SSSR count). The summed E-state index contributed by atoms with van der Waals surface area (Å²) in [6.07, 6.45) is 8.60. The third-order valence-electron chi connectivity index (χ3n) is 4.65. The van der Waals surface area contributed by atoms with Gasteiger partial charge in [0.15, 0.2) is 17.2 Å². The molecule has 0 bridgehead atoms. The molecule has 6 aromatic rings. The van der Waals surface area contributed by atoms with Crippen molar-refractivity contribution in [3.63, 3.8) is 0 Å². The molecule has 0 aliphatic carbocycles. The topological polar surface area (TPSA) is 125 Å². The van der Waals surface area contributed by atoms with E-state index in [1.54, 1.807) is 31.1 Å². The number of rotatable bonds is 3. The molecule has 0 fully saturated rings. The zero-order chi connectivity index (χ0) is 18.5. The minimum Gasteiger partial charge on any atom is -0.472 e. The highest BCUT2D eigenvalue weighted by atomic mass is 16.3. The van der Waals surface area contributed by atoms with Crippen LogP contribution in [-0.2, 0) is 0 Å². The summed E-state index contributed by atoms with van der Waals surface area (Å²) in [5.74, 6) is 0.599.